The summed E-state index contributed by atoms with van der Waals surface area (Å²) in [7, 11) is 0. The van der Waals surface area contributed by atoms with Crippen molar-refractivity contribution in [2.24, 2.45) is 11.8 Å². The molecule has 0 aromatic heterocycles. The maximum Gasteiger partial charge on any atom is 0.308 e. The molecule has 0 aromatic carbocycles. The minimum atomic E-state index is 0.0267. The van der Waals surface area contributed by atoms with Gasteiger partial charge in [0.2, 0.25) is 0 Å². The van der Waals surface area contributed by atoms with Gasteiger partial charge in [0.15, 0.2) is 0 Å². The summed E-state index contributed by atoms with van der Waals surface area (Å²) in [5.74, 6) is 0.705. The normalized spacial score (nSPS) is 13.1. The van der Waals surface area contributed by atoms with Gasteiger partial charge in [-0.15, -0.1) is 0 Å². The maximum atomic E-state index is 12.3. The Kier molecular flexibility index (Phi) is 27.6. The van der Waals surface area contributed by atoms with Crippen molar-refractivity contribution in [1.82, 2.24) is 0 Å². The number of unbranched alkanes of at least 4 members (excludes halogenated alkanes) is 21. The predicted octanol–water partition coefficient (Wildman–Crippen LogP) is 11.6. The fourth-order valence-corrected chi connectivity index (χ4v) is 5.23. The van der Waals surface area contributed by atoms with Gasteiger partial charge in [0.1, 0.15) is 0 Å². The molecule has 0 aromatic rings. The Morgan fingerprint density at radius 3 is 1.26 bits per heavy atom. The largest absolute Gasteiger partial charge is 0.465 e. The van der Waals surface area contributed by atoms with Crippen molar-refractivity contribution in [3.63, 3.8) is 0 Å². The minimum absolute atomic E-state index is 0.0267. The van der Waals surface area contributed by atoms with Crippen LogP contribution in [-0.2, 0) is 9.53 Å². The molecular formula is C33H66O2. The fourth-order valence-electron chi connectivity index (χ4n) is 5.23. The SMILES string of the molecule is CCCCCCCCCCCCCCOC(=O)[C@@H](C)C[C@H](C)CCCCCCCCCCCCC. The molecule has 2 nitrogen and oxygen atoms in total. The van der Waals surface area contributed by atoms with Crippen molar-refractivity contribution in [2.45, 2.75) is 188 Å². The first kappa shape index (κ1) is 34.5. The molecule has 0 aliphatic rings. The minimum Gasteiger partial charge on any atom is -0.465 e. The van der Waals surface area contributed by atoms with Crippen LogP contribution in [0.5, 0.6) is 0 Å². The number of carbonyl (C=O) groups is 1. The molecule has 0 unspecified atom stereocenters. The van der Waals surface area contributed by atoms with Gasteiger partial charge in [-0.05, 0) is 18.8 Å². The Bertz CT molecular complexity index is 419. The lowest BCUT2D eigenvalue weighted by molar-refractivity contribution is -0.148. The van der Waals surface area contributed by atoms with Crippen molar-refractivity contribution in [1.29, 1.82) is 0 Å². The van der Waals surface area contributed by atoms with Crippen LogP contribution in [0.4, 0.5) is 0 Å². The summed E-state index contributed by atoms with van der Waals surface area (Å²) in [6, 6.07) is 0. The maximum absolute atomic E-state index is 12.3. The molecule has 0 aliphatic heterocycles. The lowest BCUT2D eigenvalue weighted by atomic mass is 9.92. The van der Waals surface area contributed by atoms with E-state index in [0.717, 1.165) is 12.8 Å². The zero-order valence-electron chi connectivity index (χ0n) is 24.9. The molecule has 0 amide bonds. The van der Waals surface area contributed by atoms with Gasteiger partial charge in [-0.3, -0.25) is 4.79 Å². The van der Waals surface area contributed by atoms with Crippen LogP contribution in [0.15, 0.2) is 0 Å². The third kappa shape index (κ3) is 26.3. The molecule has 0 N–H and O–H groups in total. The molecule has 0 spiro atoms. The van der Waals surface area contributed by atoms with Crippen LogP contribution >= 0.6 is 0 Å². The van der Waals surface area contributed by atoms with Crippen molar-refractivity contribution in [3.05, 3.63) is 0 Å². The highest BCUT2D eigenvalue weighted by Gasteiger charge is 2.17. The summed E-state index contributed by atoms with van der Waals surface area (Å²) in [4.78, 5) is 12.3. The highest BCUT2D eigenvalue weighted by atomic mass is 16.5. The lowest BCUT2D eigenvalue weighted by Crippen LogP contribution is -2.18. The Hall–Kier alpha value is -0.530. The molecule has 2 atom stereocenters. The van der Waals surface area contributed by atoms with Crippen LogP contribution in [0.3, 0.4) is 0 Å². The molecule has 0 radical (unpaired) electrons. The van der Waals surface area contributed by atoms with Crippen LogP contribution in [0.25, 0.3) is 0 Å². The van der Waals surface area contributed by atoms with Crippen LogP contribution in [0.2, 0.25) is 0 Å². The average molecular weight is 495 g/mol. The Labute approximate surface area is 222 Å². The second kappa shape index (κ2) is 28.0. The first-order valence-corrected chi connectivity index (χ1v) is 16.3. The third-order valence-electron chi connectivity index (χ3n) is 7.70. The predicted molar refractivity (Wildman–Crippen MR) is 156 cm³/mol. The van der Waals surface area contributed by atoms with E-state index in [1.165, 1.54) is 148 Å². The van der Waals surface area contributed by atoms with E-state index in [1.54, 1.807) is 0 Å². The standard InChI is InChI=1S/C33H66O2/c1-5-7-9-11-13-15-17-19-21-23-25-27-29-35-33(34)32(4)30-31(3)28-26-24-22-20-18-16-14-12-10-8-6-2/h31-32H,5-30H2,1-4H3/t31-,32+/m1/s1. The molecule has 2 heteroatoms. The zero-order chi connectivity index (χ0) is 25.8. The van der Waals surface area contributed by atoms with E-state index < -0.39 is 0 Å². The van der Waals surface area contributed by atoms with Crippen LogP contribution in [-0.4, -0.2) is 12.6 Å². The van der Waals surface area contributed by atoms with E-state index in [4.69, 9.17) is 4.74 Å². The Morgan fingerprint density at radius 1 is 0.514 bits per heavy atom. The van der Waals surface area contributed by atoms with Gasteiger partial charge in [-0.25, -0.2) is 0 Å². The molecule has 210 valence electrons. The quantitative estimate of drug-likeness (QED) is 0.0798. The third-order valence-corrected chi connectivity index (χ3v) is 7.70. The monoisotopic (exact) mass is 495 g/mol. The first-order valence-electron chi connectivity index (χ1n) is 16.3. The summed E-state index contributed by atoms with van der Waals surface area (Å²) < 4.78 is 5.57. The van der Waals surface area contributed by atoms with Gasteiger partial charge in [0.05, 0.1) is 12.5 Å². The molecule has 0 rings (SSSR count). The molecule has 0 fully saturated rings. The van der Waals surface area contributed by atoms with Crippen LogP contribution in [0.1, 0.15) is 188 Å². The average Bonchev–Trinajstić information content (AvgIpc) is 2.85. The van der Waals surface area contributed by atoms with Gasteiger partial charge in [-0.1, -0.05) is 175 Å². The van der Waals surface area contributed by atoms with Crippen molar-refractivity contribution in [3.8, 4) is 0 Å². The number of esters is 1. The van der Waals surface area contributed by atoms with Crippen molar-refractivity contribution < 1.29 is 9.53 Å². The fraction of sp³-hybridized carbons (Fsp3) is 0.970. The molecule has 35 heavy (non-hydrogen) atoms. The van der Waals surface area contributed by atoms with E-state index in [-0.39, 0.29) is 11.9 Å². The summed E-state index contributed by atoms with van der Waals surface area (Å²) in [5, 5.41) is 0. The molecule has 0 saturated carbocycles. The number of hydrogen-bond acceptors (Lipinski definition) is 2. The van der Waals surface area contributed by atoms with Gasteiger partial charge in [-0.2, -0.15) is 0 Å². The Balaban J connectivity index is 3.43. The smallest absolute Gasteiger partial charge is 0.308 e. The van der Waals surface area contributed by atoms with Crippen LogP contribution < -0.4 is 0 Å². The lowest BCUT2D eigenvalue weighted by Gasteiger charge is -2.16. The first-order chi connectivity index (χ1) is 17.1. The number of hydrogen-bond donors (Lipinski definition) is 0. The number of ether oxygens (including phenoxy) is 1. The summed E-state index contributed by atoms with van der Waals surface area (Å²) >= 11 is 0. The van der Waals surface area contributed by atoms with E-state index in [2.05, 4.69) is 27.7 Å². The molecule has 0 aliphatic carbocycles. The van der Waals surface area contributed by atoms with Crippen LogP contribution in [0, 0.1) is 11.8 Å². The molecule has 0 bridgehead atoms. The number of rotatable bonds is 28. The van der Waals surface area contributed by atoms with E-state index in [0.29, 0.717) is 12.5 Å². The highest BCUT2D eigenvalue weighted by molar-refractivity contribution is 5.71. The topological polar surface area (TPSA) is 26.3 Å². The number of carbonyl (C=O) groups excluding carboxylic acids is 1. The summed E-state index contributed by atoms with van der Waals surface area (Å²) in [6.45, 7) is 9.55. The van der Waals surface area contributed by atoms with Crippen molar-refractivity contribution in [2.75, 3.05) is 6.61 Å². The summed E-state index contributed by atoms with van der Waals surface area (Å²) in [5.41, 5.74) is 0. The second-order valence-corrected chi connectivity index (χ2v) is 11.6. The van der Waals surface area contributed by atoms with Gasteiger partial charge in [0.25, 0.3) is 0 Å². The molecule has 0 heterocycles. The van der Waals surface area contributed by atoms with Gasteiger partial charge in [0, 0.05) is 0 Å². The van der Waals surface area contributed by atoms with Gasteiger partial charge < -0.3 is 4.74 Å². The van der Waals surface area contributed by atoms with E-state index in [1.807, 2.05) is 0 Å². The highest BCUT2D eigenvalue weighted by Crippen LogP contribution is 2.20. The summed E-state index contributed by atoms with van der Waals surface area (Å²) in [6.07, 6.45) is 33.7. The Morgan fingerprint density at radius 2 is 0.857 bits per heavy atom. The zero-order valence-corrected chi connectivity index (χ0v) is 24.9. The van der Waals surface area contributed by atoms with Crippen molar-refractivity contribution >= 4 is 5.97 Å². The van der Waals surface area contributed by atoms with E-state index in [9.17, 15) is 4.79 Å². The van der Waals surface area contributed by atoms with Gasteiger partial charge >= 0.3 is 5.97 Å². The second-order valence-electron chi connectivity index (χ2n) is 11.6. The molecule has 0 saturated heterocycles. The van der Waals surface area contributed by atoms with E-state index >= 15 is 0 Å². The molecular weight excluding hydrogens is 428 g/mol.